The number of benzene rings is 12. The molecule has 0 aliphatic rings. The predicted molar refractivity (Wildman–Crippen MR) is 362 cm³/mol. The highest BCUT2D eigenvalue weighted by Gasteiger charge is 2.43. The van der Waals surface area contributed by atoms with Gasteiger partial charge in [0.05, 0.1) is 11.0 Å². The zero-order chi connectivity index (χ0) is 58.0. The Bertz CT molecular complexity index is 4670. The minimum atomic E-state index is -2.94. The lowest BCUT2D eigenvalue weighted by Crippen LogP contribution is -2.74. The summed E-state index contributed by atoms with van der Waals surface area (Å²) in [4.78, 5) is 32.4. The van der Waals surface area contributed by atoms with Gasteiger partial charge < -0.3 is 0 Å². The van der Waals surface area contributed by atoms with Crippen LogP contribution in [0.2, 0.25) is 0 Å². The molecule has 15 rings (SSSR count). The molecule has 410 valence electrons. The van der Waals surface area contributed by atoms with Crippen LogP contribution in [-0.2, 0) is 0 Å². The Morgan fingerprint density at radius 2 is 0.437 bits per heavy atom. The van der Waals surface area contributed by atoms with E-state index in [0.29, 0.717) is 35.1 Å². The van der Waals surface area contributed by atoms with Crippen molar-refractivity contribution in [3.63, 3.8) is 0 Å². The lowest BCUT2D eigenvalue weighted by Gasteiger charge is -2.34. The molecule has 0 unspecified atom stereocenters. The largest absolute Gasteiger partial charge is 0.278 e. The molecule has 0 saturated heterocycles. The van der Waals surface area contributed by atoms with Gasteiger partial charge >= 0.3 is 0 Å². The number of fused-ring (bicyclic) bond motifs is 3. The quantitative estimate of drug-likeness (QED) is 0.0797. The van der Waals surface area contributed by atoms with Crippen LogP contribution in [0.5, 0.6) is 0 Å². The van der Waals surface area contributed by atoms with E-state index in [4.69, 9.17) is 29.9 Å². The summed E-state index contributed by atoms with van der Waals surface area (Å²) in [6.07, 6.45) is 0. The molecule has 7 nitrogen and oxygen atoms in total. The summed E-state index contributed by atoms with van der Waals surface area (Å²) in [5.74, 6) is 3.24. The van der Waals surface area contributed by atoms with Gasteiger partial charge in [-0.2, -0.15) is 9.97 Å². The average molecular weight is 1150 g/mol. The first-order chi connectivity index (χ1) is 43.1. The van der Waals surface area contributed by atoms with E-state index in [1.807, 2.05) is 24.3 Å². The van der Waals surface area contributed by atoms with E-state index in [9.17, 15) is 0 Å². The molecule has 12 aromatic carbocycles. The van der Waals surface area contributed by atoms with Crippen molar-refractivity contribution in [3.05, 3.63) is 334 Å². The van der Waals surface area contributed by atoms with Gasteiger partial charge in [0.25, 0.3) is 0 Å². The molecule has 3 aromatic heterocycles. The van der Waals surface area contributed by atoms with Gasteiger partial charge in [-0.05, 0) is 59.7 Å². The molecular weight excluding hydrogens is 1090 g/mol. The van der Waals surface area contributed by atoms with Crippen molar-refractivity contribution in [2.45, 2.75) is 0 Å². The molecular formula is C78H55N7Si2. The Labute approximate surface area is 507 Å². The Hall–Kier alpha value is -11.1. The van der Waals surface area contributed by atoms with Gasteiger partial charge in [-0.1, -0.05) is 315 Å². The fourth-order valence-corrected chi connectivity index (χ4v) is 22.5. The molecule has 9 heteroatoms. The highest BCUT2D eigenvalue weighted by atomic mass is 28.3. The molecule has 0 spiro atoms. The Morgan fingerprint density at radius 1 is 0.195 bits per heavy atom. The summed E-state index contributed by atoms with van der Waals surface area (Å²) in [5.41, 5.74) is 6.23. The van der Waals surface area contributed by atoms with Crippen LogP contribution < -0.4 is 41.5 Å². The van der Waals surface area contributed by atoms with Gasteiger partial charge in [-0.15, -0.1) is 0 Å². The van der Waals surface area contributed by atoms with Crippen molar-refractivity contribution >= 4 is 79.4 Å². The van der Waals surface area contributed by atoms with E-state index >= 15 is 0 Å². The maximum Gasteiger partial charge on any atom is 0.238 e. The minimum Gasteiger partial charge on any atom is -0.278 e. The summed E-state index contributed by atoms with van der Waals surface area (Å²) in [7, 11) is -5.84. The Morgan fingerprint density at radius 3 is 0.782 bits per heavy atom. The molecule has 0 saturated carbocycles. The van der Waals surface area contributed by atoms with E-state index in [1.165, 1.54) is 41.5 Å². The van der Waals surface area contributed by atoms with Crippen LogP contribution in [0.1, 0.15) is 0 Å². The standard InChI is InChI=1S/C78H55N7Si2/c1-8-29-56(30-9-1)73-79-74(81-75(80-73)59-33-27-47-67(54-59)86(61-35-10-2-11-36-61,62-37-12-3-13-38-62)63-39-14-4-15-40-63)57-31-26-32-58(53-57)76-82-77(84-78(83-76)85-71-51-24-22-49-69(71)70-50-23-25-52-72(70)85)60-34-28-48-68(55-60)87(64-41-16-5-17-42-64,65-43-18-6-19-44-65)66-45-20-7-21-46-66/h1-55H. The minimum absolute atomic E-state index is 0.510. The van der Waals surface area contributed by atoms with Crippen LogP contribution in [0, 0.1) is 0 Å². The van der Waals surface area contributed by atoms with Crippen molar-refractivity contribution < 1.29 is 0 Å². The molecule has 0 fully saturated rings. The molecule has 87 heavy (non-hydrogen) atoms. The molecule has 0 aliphatic carbocycles. The maximum atomic E-state index is 5.49. The number of hydrogen-bond donors (Lipinski definition) is 0. The van der Waals surface area contributed by atoms with E-state index < -0.39 is 16.1 Å². The van der Waals surface area contributed by atoms with Gasteiger partial charge in [0, 0.05) is 38.6 Å². The fraction of sp³-hybridized carbons (Fsp3) is 0. The smallest absolute Gasteiger partial charge is 0.238 e. The lowest BCUT2D eigenvalue weighted by atomic mass is 10.1. The van der Waals surface area contributed by atoms with Gasteiger partial charge in [0.15, 0.2) is 45.3 Å². The summed E-state index contributed by atoms with van der Waals surface area (Å²) < 4.78 is 2.17. The van der Waals surface area contributed by atoms with Crippen LogP contribution in [-0.4, -0.2) is 50.6 Å². The van der Waals surface area contributed by atoms with Gasteiger partial charge in [0.1, 0.15) is 0 Å². The van der Waals surface area contributed by atoms with Crippen LogP contribution in [0.15, 0.2) is 334 Å². The van der Waals surface area contributed by atoms with Crippen LogP contribution in [0.25, 0.3) is 84.7 Å². The highest BCUT2D eigenvalue weighted by molar-refractivity contribution is 7.20. The molecule has 0 N–H and O–H groups in total. The fourth-order valence-electron chi connectivity index (χ4n) is 12.9. The van der Waals surface area contributed by atoms with E-state index in [-0.39, 0.29) is 0 Å². The Kier molecular flexibility index (Phi) is 13.8. The molecule has 0 atom stereocenters. The highest BCUT2D eigenvalue weighted by Crippen LogP contribution is 2.34. The summed E-state index contributed by atoms with van der Waals surface area (Å²) in [5, 5.41) is 12.4. The van der Waals surface area contributed by atoms with Crippen molar-refractivity contribution in [3.8, 4) is 62.9 Å². The van der Waals surface area contributed by atoms with Crippen LogP contribution in [0.4, 0.5) is 0 Å². The summed E-state index contributed by atoms with van der Waals surface area (Å²) in [6.45, 7) is 0. The van der Waals surface area contributed by atoms with Crippen molar-refractivity contribution in [1.29, 1.82) is 0 Å². The average Bonchev–Trinajstić information content (AvgIpc) is 2.18. The SMILES string of the molecule is c1ccc(-c2nc(-c3cccc(-c4nc(-c5cccc([Si](c6ccccc6)(c6ccccc6)c6ccccc6)c5)nc(-n5c6ccccc6c6ccccc65)n4)c3)nc(-c3cccc([Si](c4ccccc4)(c4ccccc4)c4ccccc4)c3)n2)cc1. The number of aromatic nitrogens is 7. The van der Waals surface area contributed by atoms with Gasteiger partial charge in [-0.3, -0.25) is 4.57 Å². The second kappa shape index (κ2) is 22.8. The van der Waals surface area contributed by atoms with Crippen molar-refractivity contribution in [2.24, 2.45) is 0 Å². The molecule has 3 heterocycles. The maximum absolute atomic E-state index is 5.49. The molecule has 0 radical (unpaired) electrons. The third kappa shape index (κ3) is 9.48. The van der Waals surface area contributed by atoms with E-state index in [0.717, 1.165) is 49.6 Å². The first-order valence-corrected chi connectivity index (χ1v) is 33.3. The molecule has 15 aromatic rings. The zero-order valence-corrected chi connectivity index (χ0v) is 49.4. The normalized spacial score (nSPS) is 11.7. The summed E-state index contributed by atoms with van der Waals surface area (Å²) >= 11 is 0. The molecule has 0 bridgehead atoms. The third-order valence-corrected chi connectivity index (χ3v) is 26.3. The van der Waals surface area contributed by atoms with Crippen LogP contribution in [0.3, 0.4) is 0 Å². The number of para-hydroxylation sites is 2. The second-order valence-electron chi connectivity index (χ2n) is 21.8. The topological polar surface area (TPSA) is 82.3 Å². The van der Waals surface area contributed by atoms with Crippen molar-refractivity contribution in [1.82, 2.24) is 34.5 Å². The lowest BCUT2D eigenvalue weighted by molar-refractivity contribution is 0.953. The van der Waals surface area contributed by atoms with E-state index in [2.05, 4.69) is 314 Å². The first kappa shape index (κ1) is 52.7. The monoisotopic (exact) mass is 1150 g/mol. The zero-order valence-electron chi connectivity index (χ0n) is 47.4. The van der Waals surface area contributed by atoms with E-state index in [1.54, 1.807) is 0 Å². The van der Waals surface area contributed by atoms with Crippen molar-refractivity contribution in [2.75, 3.05) is 0 Å². The Balaban J connectivity index is 0.918. The van der Waals surface area contributed by atoms with Gasteiger partial charge in [0.2, 0.25) is 5.95 Å². The van der Waals surface area contributed by atoms with Gasteiger partial charge in [-0.25, -0.2) is 19.9 Å². The number of nitrogens with zero attached hydrogens (tertiary/aromatic N) is 7. The summed E-state index contributed by atoms with van der Waals surface area (Å²) in [6, 6.07) is 119. The number of hydrogen-bond acceptors (Lipinski definition) is 6. The number of rotatable bonds is 14. The van der Waals surface area contributed by atoms with Crippen LogP contribution >= 0.6 is 0 Å². The predicted octanol–water partition coefficient (Wildman–Crippen LogP) is 12.2. The molecule has 0 amide bonds. The first-order valence-electron chi connectivity index (χ1n) is 29.3. The molecule has 0 aliphatic heterocycles. The third-order valence-electron chi connectivity index (χ3n) is 16.8. The second-order valence-corrected chi connectivity index (χ2v) is 29.4.